The van der Waals surface area contributed by atoms with Crippen LogP contribution in [-0.4, -0.2) is 30.1 Å². The van der Waals surface area contributed by atoms with E-state index in [1.807, 2.05) is 12.1 Å². The largest absolute Gasteiger partial charge is 0.387 e. The molecule has 1 saturated heterocycles. The van der Waals surface area contributed by atoms with E-state index in [1.165, 1.54) is 0 Å². The Bertz CT molecular complexity index is 433. The molecule has 1 aliphatic heterocycles. The fourth-order valence-corrected chi connectivity index (χ4v) is 2.51. The van der Waals surface area contributed by atoms with Crippen molar-refractivity contribution in [3.05, 3.63) is 34.9 Å². The van der Waals surface area contributed by atoms with Gasteiger partial charge in [0.25, 0.3) is 0 Å². The summed E-state index contributed by atoms with van der Waals surface area (Å²) in [7, 11) is 0. The number of carbonyl (C=O) groups is 1. The highest BCUT2D eigenvalue weighted by molar-refractivity contribution is 6.31. The van der Waals surface area contributed by atoms with Crippen molar-refractivity contribution in [1.29, 1.82) is 0 Å². The summed E-state index contributed by atoms with van der Waals surface area (Å²) in [4.78, 5) is 11.9. The van der Waals surface area contributed by atoms with Gasteiger partial charge < -0.3 is 15.7 Å². The van der Waals surface area contributed by atoms with Gasteiger partial charge >= 0.3 is 0 Å². The van der Waals surface area contributed by atoms with Gasteiger partial charge in [0, 0.05) is 17.1 Å². The molecule has 5 heteroatoms. The third-order valence-electron chi connectivity index (χ3n) is 3.36. The van der Waals surface area contributed by atoms with Crippen LogP contribution in [0.4, 0.5) is 0 Å². The molecular formula is C14H19ClN2O2. The molecule has 2 atom stereocenters. The lowest BCUT2D eigenvalue weighted by molar-refractivity contribution is -0.124. The summed E-state index contributed by atoms with van der Waals surface area (Å²) in [5, 5.41) is 16.5. The van der Waals surface area contributed by atoms with Crippen LogP contribution in [0.2, 0.25) is 5.02 Å². The average Bonchev–Trinajstić information content (AvgIpc) is 2.46. The number of aliphatic hydroxyl groups excluding tert-OH is 1. The second kappa shape index (κ2) is 6.89. The minimum absolute atomic E-state index is 0.0502. The van der Waals surface area contributed by atoms with Gasteiger partial charge in [-0.05, 0) is 25.5 Å². The van der Waals surface area contributed by atoms with Gasteiger partial charge in [0.1, 0.15) is 0 Å². The van der Waals surface area contributed by atoms with Crippen molar-refractivity contribution in [2.24, 2.45) is 0 Å². The molecular weight excluding hydrogens is 264 g/mol. The Morgan fingerprint density at radius 1 is 1.47 bits per heavy atom. The first-order valence-electron chi connectivity index (χ1n) is 6.62. The number of halogens is 1. The number of hydrogen-bond donors (Lipinski definition) is 3. The van der Waals surface area contributed by atoms with E-state index in [0.29, 0.717) is 10.6 Å². The Hall–Kier alpha value is -1.10. The highest BCUT2D eigenvalue weighted by atomic mass is 35.5. The fourth-order valence-electron chi connectivity index (χ4n) is 2.25. The number of rotatable bonds is 4. The van der Waals surface area contributed by atoms with Crippen molar-refractivity contribution >= 4 is 17.5 Å². The first-order chi connectivity index (χ1) is 9.18. The molecule has 3 N–H and O–H groups in total. The topological polar surface area (TPSA) is 61.4 Å². The van der Waals surface area contributed by atoms with E-state index >= 15 is 0 Å². The molecule has 2 unspecified atom stereocenters. The van der Waals surface area contributed by atoms with E-state index in [0.717, 1.165) is 25.8 Å². The summed E-state index contributed by atoms with van der Waals surface area (Å²) in [6.07, 6.45) is 2.26. The molecule has 19 heavy (non-hydrogen) atoms. The van der Waals surface area contributed by atoms with Crippen LogP contribution in [0.15, 0.2) is 24.3 Å². The van der Waals surface area contributed by atoms with Gasteiger partial charge in [0.05, 0.1) is 12.1 Å². The predicted molar refractivity (Wildman–Crippen MR) is 75.1 cm³/mol. The second-order valence-electron chi connectivity index (χ2n) is 4.78. The van der Waals surface area contributed by atoms with E-state index < -0.39 is 6.10 Å². The summed E-state index contributed by atoms with van der Waals surface area (Å²) in [6, 6.07) is 6.98. The van der Waals surface area contributed by atoms with Gasteiger partial charge in [-0.3, -0.25) is 4.79 Å². The van der Waals surface area contributed by atoms with E-state index in [4.69, 9.17) is 11.6 Å². The molecule has 1 heterocycles. The van der Waals surface area contributed by atoms with Gasteiger partial charge in [-0.15, -0.1) is 0 Å². The number of amides is 1. The lowest BCUT2D eigenvalue weighted by Gasteiger charge is -2.23. The van der Waals surface area contributed by atoms with E-state index in [9.17, 15) is 9.90 Å². The minimum atomic E-state index is -0.777. The molecule has 1 aliphatic rings. The molecule has 0 saturated carbocycles. The van der Waals surface area contributed by atoms with E-state index in [-0.39, 0.29) is 18.5 Å². The maximum atomic E-state index is 11.9. The number of benzene rings is 1. The Kier molecular flexibility index (Phi) is 5.19. The van der Waals surface area contributed by atoms with Crippen LogP contribution in [0, 0.1) is 0 Å². The van der Waals surface area contributed by atoms with Crippen LogP contribution < -0.4 is 10.6 Å². The average molecular weight is 283 g/mol. The molecule has 1 aromatic carbocycles. The monoisotopic (exact) mass is 282 g/mol. The SMILES string of the molecule is O=C(NCC(O)c1ccccc1Cl)C1CCCCN1. The molecule has 4 nitrogen and oxygen atoms in total. The number of aliphatic hydroxyl groups is 1. The van der Waals surface area contributed by atoms with Crippen LogP contribution in [0.3, 0.4) is 0 Å². The molecule has 0 aliphatic carbocycles. The maximum Gasteiger partial charge on any atom is 0.237 e. The van der Waals surface area contributed by atoms with E-state index in [1.54, 1.807) is 12.1 Å². The smallest absolute Gasteiger partial charge is 0.237 e. The summed E-state index contributed by atoms with van der Waals surface area (Å²) >= 11 is 6.00. The molecule has 0 radical (unpaired) electrons. The molecule has 2 rings (SSSR count). The van der Waals surface area contributed by atoms with Gasteiger partial charge in [0.2, 0.25) is 5.91 Å². The zero-order valence-electron chi connectivity index (χ0n) is 10.7. The van der Waals surface area contributed by atoms with Crippen molar-refractivity contribution in [1.82, 2.24) is 10.6 Å². The first kappa shape index (κ1) is 14.3. The standard InChI is InChI=1S/C14H19ClN2O2/c15-11-6-2-1-5-10(11)13(18)9-17-14(19)12-7-3-4-8-16-12/h1-2,5-6,12-13,16,18H,3-4,7-9H2,(H,17,19). The predicted octanol–water partition coefficient (Wildman–Crippen LogP) is 1.63. The van der Waals surface area contributed by atoms with Gasteiger partial charge in [-0.1, -0.05) is 36.2 Å². The number of hydrogen-bond acceptors (Lipinski definition) is 3. The number of nitrogens with one attached hydrogen (secondary N) is 2. The second-order valence-corrected chi connectivity index (χ2v) is 5.19. The van der Waals surface area contributed by atoms with E-state index in [2.05, 4.69) is 10.6 Å². The molecule has 104 valence electrons. The number of piperidine rings is 1. The Balaban J connectivity index is 1.84. The maximum absolute atomic E-state index is 11.9. The van der Waals surface area contributed by atoms with Crippen molar-refractivity contribution in [3.63, 3.8) is 0 Å². The van der Waals surface area contributed by atoms with Crippen molar-refractivity contribution in [2.75, 3.05) is 13.1 Å². The van der Waals surface area contributed by atoms with Crippen LogP contribution >= 0.6 is 11.6 Å². The molecule has 0 aromatic heterocycles. The Morgan fingerprint density at radius 2 is 2.26 bits per heavy atom. The van der Waals surface area contributed by atoms with Crippen LogP contribution in [-0.2, 0) is 4.79 Å². The molecule has 1 fully saturated rings. The normalized spacial score (nSPS) is 20.8. The van der Waals surface area contributed by atoms with Crippen molar-refractivity contribution < 1.29 is 9.90 Å². The molecule has 0 bridgehead atoms. The van der Waals surface area contributed by atoms with Crippen LogP contribution in [0.5, 0.6) is 0 Å². The Labute approximate surface area is 118 Å². The van der Waals surface area contributed by atoms with Gasteiger partial charge in [-0.2, -0.15) is 0 Å². The van der Waals surface area contributed by atoms with Crippen LogP contribution in [0.25, 0.3) is 0 Å². The lowest BCUT2D eigenvalue weighted by atomic mass is 10.0. The first-order valence-corrected chi connectivity index (χ1v) is 7.00. The van der Waals surface area contributed by atoms with Crippen LogP contribution in [0.1, 0.15) is 30.9 Å². The molecule has 1 amide bonds. The van der Waals surface area contributed by atoms with Crippen molar-refractivity contribution in [2.45, 2.75) is 31.4 Å². The summed E-state index contributed by atoms with van der Waals surface area (Å²) in [6.45, 7) is 1.06. The zero-order chi connectivity index (χ0) is 13.7. The summed E-state index contributed by atoms with van der Waals surface area (Å²) in [5.41, 5.74) is 0.640. The third-order valence-corrected chi connectivity index (χ3v) is 3.70. The van der Waals surface area contributed by atoms with Gasteiger partial charge in [-0.25, -0.2) is 0 Å². The van der Waals surface area contributed by atoms with Gasteiger partial charge in [0.15, 0.2) is 0 Å². The highest BCUT2D eigenvalue weighted by Crippen LogP contribution is 2.21. The Morgan fingerprint density at radius 3 is 2.95 bits per heavy atom. The zero-order valence-corrected chi connectivity index (χ0v) is 11.5. The lowest BCUT2D eigenvalue weighted by Crippen LogP contribution is -2.47. The fraction of sp³-hybridized carbons (Fsp3) is 0.500. The minimum Gasteiger partial charge on any atom is -0.387 e. The highest BCUT2D eigenvalue weighted by Gasteiger charge is 2.21. The molecule has 1 aromatic rings. The quantitative estimate of drug-likeness (QED) is 0.787. The molecule has 0 spiro atoms. The summed E-state index contributed by atoms with van der Waals surface area (Å²) < 4.78 is 0. The third kappa shape index (κ3) is 3.93. The summed E-state index contributed by atoms with van der Waals surface area (Å²) in [5.74, 6) is -0.0502. The number of carbonyl (C=O) groups excluding carboxylic acids is 1. The van der Waals surface area contributed by atoms with Crippen molar-refractivity contribution in [3.8, 4) is 0 Å².